The average molecular weight is 196 g/mol. The highest BCUT2D eigenvalue weighted by Gasteiger charge is 2.20. The van der Waals surface area contributed by atoms with Crippen molar-refractivity contribution >= 4 is 0 Å². The van der Waals surface area contributed by atoms with E-state index >= 15 is 0 Å². The van der Waals surface area contributed by atoms with Crippen LogP contribution in [0.3, 0.4) is 0 Å². The first-order chi connectivity index (χ1) is 6.84. The molecular formula is C12H24N2. The normalized spacial score (nSPS) is 35.8. The molecule has 2 atom stereocenters. The van der Waals surface area contributed by atoms with Gasteiger partial charge in [-0.3, -0.25) is 0 Å². The predicted molar refractivity (Wildman–Crippen MR) is 60.5 cm³/mol. The van der Waals surface area contributed by atoms with Gasteiger partial charge in [-0.1, -0.05) is 13.3 Å². The fourth-order valence-electron chi connectivity index (χ4n) is 2.84. The summed E-state index contributed by atoms with van der Waals surface area (Å²) in [5.74, 6) is 0.923. The molecular weight excluding hydrogens is 172 g/mol. The van der Waals surface area contributed by atoms with Crippen LogP contribution in [0.1, 0.15) is 39.0 Å². The minimum atomic E-state index is 0.786. The van der Waals surface area contributed by atoms with Gasteiger partial charge in [0.25, 0.3) is 0 Å². The molecule has 2 heterocycles. The van der Waals surface area contributed by atoms with Gasteiger partial charge in [0.1, 0.15) is 0 Å². The molecule has 0 aliphatic carbocycles. The molecule has 2 heteroatoms. The Morgan fingerprint density at radius 2 is 2.14 bits per heavy atom. The molecule has 1 N–H and O–H groups in total. The van der Waals surface area contributed by atoms with Crippen molar-refractivity contribution in [1.29, 1.82) is 0 Å². The predicted octanol–water partition coefficient (Wildman–Crippen LogP) is 1.86. The molecule has 0 aromatic rings. The molecule has 0 unspecified atom stereocenters. The summed E-state index contributed by atoms with van der Waals surface area (Å²) < 4.78 is 0. The zero-order valence-electron chi connectivity index (χ0n) is 9.47. The maximum absolute atomic E-state index is 3.64. The highest BCUT2D eigenvalue weighted by molar-refractivity contribution is 4.78. The fourth-order valence-corrected chi connectivity index (χ4v) is 2.84. The van der Waals surface area contributed by atoms with E-state index in [4.69, 9.17) is 0 Å². The Morgan fingerprint density at radius 1 is 1.21 bits per heavy atom. The van der Waals surface area contributed by atoms with Gasteiger partial charge in [0.2, 0.25) is 0 Å². The van der Waals surface area contributed by atoms with E-state index in [9.17, 15) is 0 Å². The quantitative estimate of drug-likeness (QED) is 0.725. The first-order valence-corrected chi connectivity index (χ1v) is 6.30. The summed E-state index contributed by atoms with van der Waals surface area (Å²) in [6.07, 6.45) is 7.06. The van der Waals surface area contributed by atoms with Gasteiger partial charge in [-0.15, -0.1) is 0 Å². The smallest absolute Gasteiger partial charge is 0.0195 e. The van der Waals surface area contributed by atoms with Gasteiger partial charge in [-0.2, -0.15) is 0 Å². The third kappa shape index (κ3) is 2.96. The molecule has 0 bridgehead atoms. The standard InChI is InChI=1S/C12H24N2/c1-11-5-4-8-14(9-11)10-12-6-2-3-7-13-12/h11-13H,2-10H2,1H3/t11-,12+/m1/s1. The molecule has 0 saturated carbocycles. The van der Waals surface area contributed by atoms with Gasteiger partial charge in [0.15, 0.2) is 0 Å². The molecule has 0 aromatic carbocycles. The molecule has 0 amide bonds. The minimum Gasteiger partial charge on any atom is -0.313 e. The highest BCUT2D eigenvalue weighted by Crippen LogP contribution is 2.17. The summed E-state index contributed by atoms with van der Waals surface area (Å²) in [6, 6.07) is 0.786. The minimum absolute atomic E-state index is 0.786. The lowest BCUT2D eigenvalue weighted by Gasteiger charge is -2.35. The largest absolute Gasteiger partial charge is 0.313 e. The molecule has 2 aliphatic heterocycles. The van der Waals surface area contributed by atoms with Crippen molar-refractivity contribution in [1.82, 2.24) is 10.2 Å². The van der Waals surface area contributed by atoms with Crippen LogP contribution in [0.2, 0.25) is 0 Å². The second-order valence-electron chi connectivity index (χ2n) is 5.15. The van der Waals surface area contributed by atoms with Crippen LogP contribution in [0.25, 0.3) is 0 Å². The molecule has 2 nitrogen and oxygen atoms in total. The van der Waals surface area contributed by atoms with Crippen LogP contribution in [0.15, 0.2) is 0 Å². The monoisotopic (exact) mass is 196 g/mol. The summed E-state index contributed by atoms with van der Waals surface area (Å²) >= 11 is 0. The van der Waals surface area contributed by atoms with E-state index in [1.54, 1.807) is 0 Å². The molecule has 2 saturated heterocycles. The van der Waals surface area contributed by atoms with Crippen molar-refractivity contribution in [2.45, 2.75) is 45.1 Å². The van der Waals surface area contributed by atoms with Crippen molar-refractivity contribution in [2.75, 3.05) is 26.2 Å². The van der Waals surface area contributed by atoms with Crippen molar-refractivity contribution in [3.8, 4) is 0 Å². The topological polar surface area (TPSA) is 15.3 Å². The zero-order valence-corrected chi connectivity index (χ0v) is 9.47. The number of piperidine rings is 2. The Morgan fingerprint density at radius 3 is 2.86 bits per heavy atom. The van der Waals surface area contributed by atoms with Gasteiger partial charge >= 0.3 is 0 Å². The van der Waals surface area contributed by atoms with Crippen molar-refractivity contribution in [3.63, 3.8) is 0 Å². The Bertz CT molecular complexity index is 164. The second-order valence-corrected chi connectivity index (χ2v) is 5.15. The summed E-state index contributed by atoms with van der Waals surface area (Å²) in [5, 5.41) is 3.64. The van der Waals surface area contributed by atoms with E-state index in [1.165, 1.54) is 58.3 Å². The molecule has 2 aliphatic rings. The summed E-state index contributed by atoms with van der Waals surface area (Å²) in [6.45, 7) is 7.60. The summed E-state index contributed by atoms with van der Waals surface area (Å²) in [4.78, 5) is 2.66. The van der Waals surface area contributed by atoms with Gasteiger partial charge in [-0.25, -0.2) is 0 Å². The Kier molecular flexibility index (Phi) is 3.82. The number of nitrogens with zero attached hydrogens (tertiary/aromatic N) is 1. The molecule has 0 aromatic heterocycles. The zero-order chi connectivity index (χ0) is 9.80. The van der Waals surface area contributed by atoms with Gasteiger partial charge in [-0.05, 0) is 44.7 Å². The van der Waals surface area contributed by atoms with Gasteiger partial charge < -0.3 is 10.2 Å². The highest BCUT2D eigenvalue weighted by atomic mass is 15.2. The van der Waals surface area contributed by atoms with E-state index in [2.05, 4.69) is 17.1 Å². The lowest BCUT2D eigenvalue weighted by molar-refractivity contribution is 0.159. The first kappa shape index (κ1) is 10.4. The van der Waals surface area contributed by atoms with Crippen LogP contribution in [-0.4, -0.2) is 37.1 Å². The molecule has 14 heavy (non-hydrogen) atoms. The van der Waals surface area contributed by atoms with Crippen LogP contribution < -0.4 is 5.32 Å². The van der Waals surface area contributed by atoms with Crippen LogP contribution in [0, 0.1) is 5.92 Å². The summed E-state index contributed by atoms with van der Waals surface area (Å²) in [7, 11) is 0. The van der Waals surface area contributed by atoms with Crippen LogP contribution >= 0.6 is 0 Å². The van der Waals surface area contributed by atoms with Crippen molar-refractivity contribution < 1.29 is 0 Å². The van der Waals surface area contributed by atoms with Crippen molar-refractivity contribution in [2.24, 2.45) is 5.92 Å². The molecule has 82 valence electrons. The Balaban J connectivity index is 1.72. The van der Waals surface area contributed by atoms with Crippen LogP contribution in [-0.2, 0) is 0 Å². The van der Waals surface area contributed by atoms with Gasteiger partial charge in [0, 0.05) is 19.1 Å². The molecule has 2 fully saturated rings. The lowest BCUT2D eigenvalue weighted by atomic mass is 9.98. The maximum atomic E-state index is 3.64. The van der Waals surface area contributed by atoms with E-state index < -0.39 is 0 Å². The number of likely N-dealkylation sites (tertiary alicyclic amines) is 1. The van der Waals surface area contributed by atoms with E-state index in [1.807, 2.05) is 0 Å². The number of hydrogen-bond donors (Lipinski definition) is 1. The van der Waals surface area contributed by atoms with Crippen LogP contribution in [0.5, 0.6) is 0 Å². The van der Waals surface area contributed by atoms with Crippen molar-refractivity contribution in [3.05, 3.63) is 0 Å². The third-order valence-corrected chi connectivity index (χ3v) is 3.63. The average Bonchev–Trinajstić information content (AvgIpc) is 2.19. The molecule has 2 rings (SSSR count). The Hall–Kier alpha value is -0.0800. The maximum Gasteiger partial charge on any atom is 0.0195 e. The second kappa shape index (κ2) is 5.13. The number of nitrogens with one attached hydrogen (secondary N) is 1. The summed E-state index contributed by atoms with van der Waals surface area (Å²) in [5.41, 5.74) is 0. The fraction of sp³-hybridized carbons (Fsp3) is 1.00. The first-order valence-electron chi connectivity index (χ1n) is 6.30. The third-order valence-electron chi connectivity index (χ3n) is 3.63. The van der Waals surface area contributed by atoms with Crippen LogP contribution in [0.4, 0.5) is 0 Å². The lowest BCUT2D eigenvalue weighted by Crippen LogP contribution is -2.46. The molecule has 0 spiro atoms. The number of rotatable bonds is 2. The van der Waals surface area contributed by atoms with E-state index in [0.717, 1.165) is 12.0 Å². The van der Waals surface area contributed by atoms with E-state index in [-0.39, 0.29) is 0 Å². The Labute approximate surface area is 88.1 Å². The molecule has 0 radical (unpaired) electrons. The number of hydrogen-bond acceptors (Lipinski definition) is 2. The SMILES string of the molecule is C[C@@H]1CCCN(C[C@@H]2CCCCN2)C1. The van der Waals surface area contributed by atoms with E-state index in [0.29, 0.717) is 0 Å². The van der Waals surface area contributed by atoms with Gasteiger partial charge in [0.05, 0.1) is 0 Å².